The fourth-order valence-electron chi connectivity index (χ4n) is 3.77. The third-order valence-electron chi connectivity index (χ3n) is 5.48. The number of allylic oxidation sites excluding steroid dienone is 2. The summed E-state index contributed by atoms with van der Waals surface area (Å²) in [7, 11) is 0. The Bertz CT molecular complexity index is 606. The molecule has 130 valence electrons. The first-order valence-corrected chi connectivity index (χ1v) is 9.39. The second-order valence-corrected chi connectivity index (χ2v) is 7.47. The van der Waals surface area contributed by atoms with Gasteiger partial charge in [-0.25, -0.2) is 9.78 Å². The molecule has 24 heavy (non-hydrogen) atoms. The van der Waals surface area contributed by atoms with Crippen LogP contribution in [0.1, 0.15) is 68.4 Å². The Morgan fingerprint density at radius 1 is 1.25 bits per heavy atom. The average molecular weight is 329 g/mol. The quantitative estimate of drug-likeness (QED) is 0.834. The molecule has 0 radical (unpaired) electrons. The Morgan fingerprint density at radius 3 is 2.96 bits per heavy atom. The molecule has 2 aliphatic carbocycles. The number of nitrogens with one attached hydrogen (secondary N) is 2. The Balaban J connectivity index is 1.30. The third kappa shape index (κ3) is 3.62. The fourth-order valence-corrected chi connectivity index (χ4v) is 3.77. The summed E-state index contributed by atoms with van der Waals surface area (Å²) >= 11 is 0. The number of piperidine rings is 1. The predicted octanol–water partition coefficient (Wildman–Crippen LogP) is 2.93. The summed E-state index contributed by atoms with van der Waals surface area (Å²) in [5, 5.41) is 10.6. The van der Waals surface area contributed by atoms with E-state index in [4.69, 9.17) is 0 Å². The van der Waals surface area contributed by atoms with Crippen LogP contribution in [0.15, 0.2) is 12.2 Å². The number of urea groups is 1. The van der Waals surface area contributed by atoms with Gasteiger partial charge in [-0.05, 0) is 50.9 Å². The van der Waals surface area contributed by atoms with E-state index in [1.165, 1.54) is 19.3 Å². The number of likely N-dealkylation sites (tertiary alicyclic amines) is 1. The molecule has 2 atom stereocenters. The first-order chi connectivity index (χ1) is 11.8. The zero-order chi connectivity index (χ0) is 16.4. The van der Waals surface area contributed by atoms with E-state index in [9.17, 15) is 4.79 Å². The zero-order valence-electron chi connectivity index (χ0n) is 14.2. The van der Waals surface area contributed by atoms with E-state index in [2.05, 4.69) is 32.7 Å². The standard InChI is InChI=1S/C18H27N5O/c24-18(19-11-13-5-2-1-3-6-13)23-10-4-7-15(12-23)17-20-16(21-22-17)14-8-9-14/h1-2,13-15H,3-12H2,(H,19,24)(H,20,21,22). The van der Waals surface area contributed by atoms with Crippen LogP contribution in [0.25, 0.3) is 0 Å². The largest absolute Gasteiger partial charge is 0.338 e. The molecular weight excluding hydrogens is 302 g/mol. The van der Waals surface area contributed by atoms with Crippen molar-refractivity contribution in [2.75, 3.05) is 19.6 Å². The summed E-state index contributed by atoms with van der Waals surface area (Å²) in [6.07, 6.45) is 12.4. The highest BCUT2D eigenvalue weighted by Crippen LogP contribution is 2.38. The minimum Gasteiger partial charge on any atom is -0.338 e. The summed E-state index contributed by atoms with van der Waals surface area (Å²) in [5.74, 6) is 3.39. The van der Waals surface area contributed by atoms with Crippen molar-refractivity contribution in [1.29, 1.82) is 0 Å². The fraction of sp³-hybridized carbons (Fsp3) is 0.722. The summed E-state index contributed by atoms with van der Waals surface area (Å²) in [4.78, 5) is 19.1. The highest BCUT2D eigenvalue weighted by molar-refractivity contribution is 5.74. The molecule has 6 nitrogen and oxygen atoms in total. The zero-order valence-corrected chi connectivity index (χ0v) is 14.2. The van der Waals surface area contributed by atoms with Crippen molar-refractivity contribution in [2.45, 2.75) is 56.8 Å². The van der Waals surface area contributed by atoms with Crippen molar-refractivity contribution in [1.82, 2.24) is 25.4 Å². The lowest BCUT2D eigenvalue weighted by Crippen LogP contribution is -2.46. The molecule has 1 aromatic rings. The summed E-state index contributed by atoms with van der Waals surface area (Å²) in [5.41, 5.74) is 0. The summed E-state index contributed by atoms with van der Waals surface area (Å²) in [6.45, 7) is 2.36. The minimum absolute atomic E-state index is 0.0761. The maximum Gasteiger partial charge on any atom is 0.317 e. The number of nitrogens with zero attached hydrogens (tertiary/aromatic N) is 3. The van der Waals surface area contributed by atoms with Gasteiger partial charge in [-0.15, -0.1) is 0 Å². The number of hydrogen-bond acceptors (Lipinski definition) is 3. The average Bonchev–Trinajstić information content (AvgIpc) is 3.37. The lowest BCUT2D eigenvalue weighted by Gasteiger charge is -2.32. The Morgan fingerprint density at radius 2 is 2.17 bits per heavy atom. The van der Waals surface area contributed by atoms with Crippen molar-refractivity contribution in [3.05, 3.63) is 23.8 Å². The van der Waals surface area contributed by atoms with Gasteiger partial charge >= 0.3 is 6.03 Å². The third-order valence-corrected chi connectivity index (χ3v) is 5.48. The number of aromatic amines is 1. The molecule has 0 aromatic carbocycles. The van der Waals surface area contributed by atoms with Crippen molar-refractivity contribution >= 4 is 6.03 Å². The van der Waals surface area contributed by atoms with Crippen LogP contribution in [-0.4, -0.2) is 45.7 Å². The van der Waals surface area contributed by atoms with Gasteiger partial charge in [-0.1, -0.05) is 12.2 Å². The van der Waals surface area contributed by atoms with Gasteiger partial charge in [0.2, 0.25) is 0 Å². The first kappa shape index (κ1) is 15.7. The van der Waals surface area contributed by atoms with Crippen LogP contribution in [0.2, 0.25) is 0 Å². The van der Waals surface area contributed by atoms with Crippen LogP contribution < -0.4 is 5.32 Å². The summed E-state index contributed by atoms with van der Waals surface area (Å²) in [6, 6.07) is 0.0761. The van der Waals surface area contributed by atoms with Gasteiger partial charge in [0.05, 0.1) is 0 Å². The molecule has 0 bridgehead atoms. The number of hydrogen-bond donors (Lipinski definition) is 2. The van der Waals surface area contributed by atoms with Gasteiger partial charge in [0.15, 0.2) is 5.82 Å². The Kier molecular flexibility index (Phi) is 4.54. The number of amides is 2. The molecule has 4 rings (SSSR count). The van der Waals surface area contributed by atoms with E-state index in [0.29, 0.717) is 11.8 Å². The molecule has 2 fully saturated rings. The smallest absolute Gasteiger partial charge is 0.317 e. The van der Waals surface area contributed by atoms with Crippen LogP contribution in [0, 0.1) is 5.92 Å². The number of carbonyl (C=O) groups is 1. The van der Waals surface area contributed by atoms with E-state index in [-0.39, 0.29) is 11.9 Å². The van der Waals surface area contributed by atoms with Crippen LogP contribution in [0.5, 0.6) is 0 Å². The van der Waals surface area contributed by atoms with Gasteiger partial charge in [-0.3, -0.25) is 5.10 Å². The molecule has 6 heteroatoms. The van der Waals surface area contributed by atoms with Gasteiger partial charge in [0.1, 0.15) is 5.82 Å². The number of carbonyl (C=O) groups excluding carboxylic acids is 1. The Hall–Kier alpha value is -1.85. The van der Waals surface area contributed by atoms with E-state index >= 15 is 0 Å². The topological polar surface area (TPSA) is 73.9 Å². The lowest BCUT2D eigenvalue weighted by atomic mass is 9.94. The molecule has 2 amide bonds. The lowest BCUT2D eigenvalue weighted by molar-refractivity contribution is 0.176. The molecule has 3 aliphatic rings. The molecule has 0 spiro atoms. The van der Waals surface area contributed by atoms with Gasteiger partial charge < -0.3 is 10.2 Å². The Labute approximate surface area is 143 Å². The highest BCUT2D eigenvalue weighted by Gasteiger charge is 2.31. The van der Waals surface area contributed by atoms with Crippen molar-refractivity contribution in [3.8, 4) is 0 Å². The SMILES string of the molecule is O=C(NCC1CC=CCC1)N1CCCC(c2n[nH]c(C3CC3)n2)C1. The van der Waals surface area contributed by atoms with E-state index < -0.39 is 0 Å². The molecule has 1 saturated heterocycles. The van der Waals surface area contributed by atoms with Crippen LogP contribution in [-0.2, 0) is 0 Å². The van der Waals surface area contributed by atoms with E-state index in [1.54, 1.807) is 0 Å². The van der Waals surface area contributed by atoms with Crippen LogP contribution >= 0.6 is 0 Å². The maximum absolute atomic E-state index is 12.5. The van der Waals surface area contributed by atoms with Crippen molar-refractivity contribution < 1.29 is 4.79 Å². The number of H-pyrrole nitrogens is 1. The van der Waals surface area contributed by atoms with Gasteiger partial charge in [-0.2, -0.15) is 5.10 Å². The second-order valence-electron chi connectivity index (χ2n) is 7.47. The van der Waals surface area contributed by atoms with Crippen LogP contribution in [0.3, 0.4) is 0 Å². The van der Waals surface area contributed by atoms with Gasteiger partial charge in [0.25, 0.3) is 0 Å². The van der Waals surface area contributed by atoms with Gasteiger partial charge in [0, 0.05) is 31.5 Å². The maximum atomic E-state index is 12.5. The second kappa shape index (κ2) is 6.95. The van der Waals surface area contributed by atoms with Crippen molar-refractivity contribution in [2.24, 2.45) is 5.92 Å². The normalized spacial score (nSPS) is 27.2. The van der Waals surface area contributed by atoms with Crippen LogP contribution in [0.4, 0.5) is 4.79 Å². The summed E-state index contributed by atoms with van der Waals surface area (Å²) < 4.78 is 0. The monoisotopic (exact) mass is 329 g/mol. The minimum atomic E-state index is 0.0761. The molecule has 1 aromatic heterocycles. The molecule has 2 N–H and O–H groups in total. The molecule has 1 saturated carbocycles. The first-order valence-electron chi connectivity index (χ1n) is 9.39. The predicted molar refractivity (Wildman–Crippen MR) is 91.8 cm³/mol. The number of rotatable bonds is 4. The van der Waals surface area contributed by atoms with E-state index in [1.807, 2.05) is 4.90 Å². The molecule has 2 unspecified atom stereocenters. The highest BCUT2D eigenvalue weighted by atomic mass is 16.2. The van der Waals surface area contributed by atoms with E-state index in [0.717, 1.165) is 57.0 Å². The number of aromatic nitrogens is 3. The molecule has 2 heterocycles. The molecular formula is C18H27N5O. The molecule has 1 aliphatic heterocycles. The van der Waals surface area contributed by atoms with Crippen molar-refractivity contribution in [3.63, 3.8) is 0 Å².